The second kappa shape index (κ2) is 8.98. The minimum atomic E-state index is -2.06. The summed E-state index contributed by atoms with van der Waals surface area (Å²) in [4.78, 5) is 25.3. The van der Waals surface area contributed by atoms with Crippen LogP contribution in [0, 0.1) is 22.7 Å². The molecule has 1 unspecified atom stereocenters. The van der Waals surface area contributed by atoms with Crippen molar-refractivity contribution in [3.8, 4) is 0 Å². The number of ether oxygens (including phenoxy) is 1. The van der Waals surface area contributed by atoms with Crippen molar-refractivity contribution in [2.24, 2.45) is 22.7 Å². The van der Waals surface area contributed by atoms with E-state index < -0.39 is 57.8 Å². The topological polar surface area (TPSA) is 83.8 Å². The highest BCUT2D eigenvalue weighted by atomic mass is 35.5. The zero-order chi connectivity index (χ0) is 26.8. The first kappa shape index (κ1) is 26.5. The van der Waals surface area contributed by atoms with Crippen LogP contribution in [0.3, 0.4) is 0 Å². The van der Waals surface area contributed by atoms with E-state index >= 15 is 4.39 Å². The number of aliphatic hydroxyl groups excluding tert-OH is 1. The average Bonchev–Trinajstić information content (AvgIpc) is 3.11. The van der Waals surface area contributed by atoms with E-state index in [1.807, 2.05) is 30.3 Å². The van der Waals surface area contributed by atoms with Gasteiger partial charge in [0.05, 0.1) is 24.7 Å². The maximum absolute atomic E-state index is 17.4. The molecule has 0 bridgehead atoms. The molecule has 4 aliphatic rings. The molecule has 0 amide bonds. The van der Waals surface area contributed by atoms with Gasteiger partial charge in [0, 0.05) is 16.7 Å². The van der Waals surface area contributed by atoms with Crippen LogP contribution in [0.1, 0.15) is 45.1 Å². The van der Waals surface area contributed by atoms with Gasteiger partial charge in [0.2, 0.25) is 0 Å². The van der Waals surface area contributed by atoms with Crippen molar-refractivity contribution in [3.63, 3.8) is 0 Å². The van der Waals surface area contributed by atoms with Crippen molar-refractivity contribution in [1.82, 2.24) is 0 Å². The van der Waals surface area contributed by atoms with E-state index in [1.54, 1.807) is 19.9 Å². The molecule has 198 valence electrons. The van der Waals surface area contributed by atoms with E-state index in [0.29, 0.717) is 24.0 Å². The summed E-state index contributed by atoms with van der Waals surface area (Å²) in [5, 5.41) is 23.5. The van der Waals surface area contributed by atoms with E-state index in [9.17, 15) is 19.8 Å². The summed E-state index contributed by atoms with van der Waals surface area (Å²) in [6, 6.07) is 9.49. The summed E-state index contributed by atoms with van der Waals surface area (Å²) in [6.07, 6.45) is 3.07. The fourth-order valence-corrected chi connectivity index (χ4v) is 8.15. The molecule has 0 spiro atoms. The Balaban J connectivity index is 1.51. The number of ketones is 2. The maximum Gasteiger partial charge on any atom is 0.182 e. The lowest BCUT2D eigenvalue weighted by atomic mass is 9.44. The van der Waals surface area contributed by atoms with Crippen molar-refractivity contribution in [1.29, 1.82) is 0 Å². The van der Waals surface area contributed by atoms with Gasteiger partial charge in [-0.25, -0.2) is 4.39 Å². The van der Waals surface area contributed by atoms with Crippen molar-refractivity contribution in [2.45, 2.75) is 63.0 Å². The number of carbonyl (C=O) groups is 2. The number of aliphatic hydroxyl groups is 2. The third-order valence-electron chi connectivity index (χ3n) is 10.0. The van der Waals surface area contributed by atoms with Crippen LogP contribution in [0.2, 0.25) is 0 Å². The second-order valence-electron chi connectivity index (χ2n) is 11.6. The number of fused-ring (bicyclic) bond motifs is 5. The summed E-state index contributed by atoms with van der Waals surface area (Å²) in [5.74, 6) is -2.28. The third kappa shape index (κ3) is 3.52. The molecule has 3 saturated carbocycles. The summed E-state index contributed by atoms with van der Waals surface area (Å²) in [7, 11) is 0. The minimum absolute atomic E-state index is 0.0821. The number of hydrogen-bond acceptors (Lipinski definition) is 5. The monoisotopic (exact) mass is 528 g/mol. The Labute approximate surface area is 222 Å². The first-order chi connectivity index (χ1) is 17.4. The van der Waals surface area contributed by atoms with Gasteiger partial charge in [-0.3, -0.25) is 9.59 Å². The number of allylic oxidation sites excluding steroid dienone is 4. The summed E-state index contributed by atoms with van der Waals surface area (Å²) in [5.41, 5.74) is -4.10. The minimum Gasteiger partial charge on any atom is -0.390 e. The smallest absolute Gasteiger partial charge is 0.182 e. The van der Waals surface area contributed by atoms with Crippen LogP contribution in [0.15, 0.2) is 60.7 Å². The van der Waals surface area contributed by atoms with E-state index in [2.05, 4.69) is 6.58 Å². The van der Waals surface area contributed by atoms with Crippen LogP contribution in [0.4, 0.5) is 4.39 Å². The van der Waals surface area contributed by atoms with Gasteiger partial charge in [0.1, 0.15) is 0 Å². The van der Waals surface area contributed by atoms with Gasteiger partial charge in [-0.15, -0.1) is 11.6 Å². The number of benzene rings is 1. The van der Waals surface area contributed by atoms with Crippen LogP contribution < -0.4 is 0 Å². The zero-order valence-electron chi connectivity index (χ0n) is 21.3. The number of hydrogen-bond donors (Lipinski definition) is 2. The van der Waals surface area contributed by atoms with Gasteiger partial charge >= 0.3 is 0 Å². The van der Waals surface area contributed by atoms with Gasteiger partial charge in [0.15, 0.2) is 22.8 Å². The quantitative estimate of drug-likeness (QED) is 0.527. The molecular weight excluding hydrogens is 495 g/mol. The highest BCUT2D eigenvalue weighted by molar-refractivity contribution is 6.29. The molecular formula is C30H34ClFO5. The Morgan fingerprint density at radius 1 is 1.24 bits per heavy atom. The van der Waals surface area contributed by atoms with Crippen LogP contribution in [-0.4, -0.2) is 57.7 Å². The standard InChI is InChI=1S/C30H34ClFO5/c1-18(19-7-5-4-6-8-19)17-37-26-14-23-22-10-9-20-13-21(33)11-12-27(20,2)29(22,32)24(34)15-28(23,3)30(26,36)25(35)16-31/h4-8,11-13,22-24,26,34,36H,1,9-10,14-17H2,2-3H3/t22-,23-,24-,26+,27-,28-,29?,30+/m0/s1. The molecule has 1 aromatic rings. The summed E-state index contributed by atoms with van der Waals surface area (Å²) in [6.45, 7) is 7.68. The molecule has 0 aliphatic heterocycles. The lowest BCUT2D eigenvalue weighted by Gasteiger charge is -2.62. The molecule has 5 rings (SSSR count). The number of alkyl halides is 2. The van der Waals surface area contributed by atoms with Gasteiger partial charge in [-0.1, -0.05) is 55.5 Å². The molecule has 3 fully saturated rings. The number of halogens is 2. The SMILES string of the molecule is C=C(CO[C@@H]1C[C@H]2[C@@H]3CCC4=CC(=O)C=C[C@]4(C)C3(F)[C@@H](O)C[C@]2(C)[C@@]1(O)C(=O)CCl)c1ccccc1. The molecule has 8 atom stereocenters. The molecule has 0 radical (unpaired) electrons. The van der Waals surface area contributed by atoms with Crippen molar-refractivity contribution in [2.75, 3.05) is 12.5 Å². The predicted molar refractivity (Wildman–Crippen MR) is 140 cm³/mol. The molecule has 1 aromatic carbocycles. The Bertz CT molecular complexity index is 1200. The van der Waals surface area contributed by atoms with Crippen LogP contribution in [0.25, 0.3) is 5.57 Å². The first-order valence-corrected chi connectivity index (χ1v) is 13.4. The number of carbonyl (C=O) groups excluding carboxylic acids is 2. The lowest BCUT2D eigenvalue weighted by Crippen LogP contribution is -2.69. The highest BCUT2D eigenvalue weighted by Crippen LogP contribution is 2.70. The Kier molecular flexibility index (Phi) is 6.43. The number of Topliss-reactive ketones (excluding diaryl/α,β-unsaturated/α-hetero) is 1. The maximum atomic E-state index is 17.4. The Hall–Kier alpha value is -2.12. The fourth-order valence-electron chi connectivity index (χ4n) is 7.95. The first-order valence-electron chi connectivity index (χ1n) is 12.9. The summed E-state index contributed by atoms with van der Waals surface area (Å²) >= 11 is 6.00. The van der Waals surface area contributed by atoms with Crippen LogP contribution >= 0.6 is 11.6 Å². The molecule has 0 aromatic heterocycles. The van der Waals surface area contributed by atoms with E-state index in [-0.39, 0.29) is 25.2 Å². The predicted octanol–water partition coefficient (Wildman–Crippen LogP) is 4.60. The largest absolute Gasteiger partial charge is 0.390 e. The summed E-state index contributed by atoms with van der Waals surface area (Å²) < 4.78 is 23.6. The highest BCUT2D eigenvalue weighted by Gasteiger charge is 2.76. The molecule has 0 saturated heterocycles. The van der Waals surface area contributed by atoms with Gasteiger partial charge in [0.25, 0.3) is 0 Å². The number of rotatable bonds is 6. The van der Waals surface area contributed by atoms with Crippen LogP contribution in [0.5, 0.6) is 0 Å². The van der Waals surface area contributed by atoms with Gasteiger partial charge in [-0.2, -0.15) is 0 Å². The van der Waals surface area contributed by atoms with Crippen molar-refractivity contribution in [3.05, 3.63) is 66.3 Å². The lowest BCUT2D eigenvalue weighted by molar-refractivity contribution is -0.222. The van der Waals surface area contributed by atoms with E-state index in [0.717, 1.165) is 5.56 Å². The zero-order valence-corrected chi connectivity index (χ0v) is 22.0. The van der Waals surface area contributed by atoms with E-state index in [4.69, 9.17) is 16.3 Å². The fraction of sp³-hybridized carbons (Fsp3) is 0.533. The normalized spacial score (nSPS) is 42.4. The van der Waals surface area contributed by atoms with Crippen LogP contribution in [-0.2, 0) is 14.3 Å². The Morgan fingerprint density at radius 2 is 1.95 bits per heavy atom. The molecule has 5 nitrogen and oxygen atoms in total. The Morgan fingerprint density at radius 3 is 2.62 bits per heavy atom. The van der Waals surface area contributed by atoms with Gasteiger partial charge < -0.3 is 14.9 Å². The van der Waals surface area contributed by atoms with Gasteiger partial charge in [-0.05, 0) is 61.8 Å². The molecule has 0 heterocycles. The van der Waals surface area contributed by atoms with Crippen molar-refractivity contribution >= 4 is 28.7 Å². The molecule has 7 heteroatoms. The second-order valence-corrected chi connectivity index (χ2v) is 11.9. The third-order valence-corrected chi connectivity index (χ3v) is 10.3. The van der Waals surface area contributed by atoms with E-state index in [1.165, 1.54) is 12.2 Å². The van der Waals surface area contributed by atoms with Crippen molar-refractivity contribution < 1.29 is 28.9 Å². The molecule has 4 aliphatic carbocycles. The average molecular weight is 529 g/mol. The molecule has 37 heavy (non-hydrogen) atoms. The molecule has 2 N–H and O–H groups in total.